The highest BCUT2D eigenvalue weighted by Crippen LogP contribution is 2.46. The molecule has 30 rings (SSSR count). The lowest BCUT2D eigenvalue weighted by molar-refractivity contribution is -0.414. The monoisotopic (exact) mass is 1970 g/mol. The molecule has 0 aromatic rings. The first-order chi connectivity index (χ1) is 66.5. The van der Waals surface area contributed by atoms with Gasteiger partial charge in [-0.1, -0.05) is 0 Å². The van der Waals surface area contributed by atoms with Crippen LogP contribution >= 0.6 is 0 Å². The molecule has 0 N–H and O–H groups in total. The maximum atomic E-state index is 7.52. The van der Waals surface area contributed by atoms with Crippen molar-refractivity contribution >= 4 is 0 Å². The first-order valence-electron chi connectivity index (χ1n) is 51.5. The Labute approximate surface area is 809 Å². The fourth-order valence-corrected chi connectivity index (χ4v) is 19.4. The van der Waals surface area contributed by atoms with Crippen LogP contribution in [0.5, 0.6) is 0 Å². The van der Waals surface area contributed by atoms with E-state index in [4.69, 9.17) is 189 Å². The largest absolute Gasteiger partial charge is 0.379 e. The van der Waals surface area contributed by atoms with Gasteiger partial charge >= 0.3 is 0 Å². The third-order valence-corrected chi connectivity index (χ3v) is 24.7. The third kappa shape index (κ3) is 31.3. The van der Waals surface area contributed by atoms with Gasteiger partial charge in [0.1, 0.15) is 195 Å². The molecule has 40 atom stereocenters. The number of ether oxygens (including phenoxy) is 40. The van der Waals surface area contributed by atoms with Crippen molar-refractivity contribution in [1.82, 2.24) is 0 Å². The Balaban J connectivity index is 1.25. The highest BCUT2D eigenvalue weighted by molar-refractivity contribution is 5.06. The molecule has 800 valence electrons. The van der Waals surface area contributed by atoms with Gasteiger partial charge in [-0.2, -0.15) is 0 Å². The summed E-state index contributed by atoms with van der Waals surface area (Å²) >= 11 is 0. The Morgan fingerprint density at radius 2 is 0.199 bits per heavy atom. The lowest BCUT2D eigenvalue weighted by Gasteiger charge is -2.54. The number of rotatable bonds is 56. The molecule has 0 radical (unpaired) electrons. The van der Waals surface area contributed by atoms with Crippen molar-refractivity contribution < 1.29 is 189 Å². The summed E-state index contributed by atoms with van der Waals surface area (Å²) in [6.45, 7) is 50.6. The van der Waals surface area contributed by atoms with Crippen LogP contribution < -0.4 is 0 Å². The van der Waals surface area contributed by atoms with Gasteiger partial charge in [0, 0.05) is 159 Å². The predicted octanol–water partition coefficient (Wildman–Crippen LogP) is 7.65. The van der Waals surface area contributed by atoms with Crippen molar-refractivity contribution in [1.29, 1.82) is 0 Å². The van der Waals surface area contributed by atoms with Gasteiger partial charge in [-0.25, -0.2) is 0 Å². The van der Waals surface area contributed by atoms with Crippen molar-refractivity contribution in [3.05, 3.63) is 0 Å². The average molecular weight is 1970 g/mol. The second-order valence-corrected chi connectivity index (χ2v) is 33.1. The molecule has 30 aliphatic heterocycles. The summed E-state index contributed by atoms with van der Waals surface area (Å²) in [5.41, 5.74) is 0. The van der Waals surface area contributed by atoms with Crippen LogP contribution in [-0.4, -0.2) is 457 Å². The predicted molar refractivity (Wildman–Crippen MR) is 487 cm³/mol. The van der Waals surface area contributed by atoms with E-state index in [2.05, 4.69) is 0 Å². The van der Waals surface area contributed by atoms with E-state index >= 15 is 0 Å². The van der Waals surface area contributed by atoms with Crippen LogP contribution in [0.2, 0.25) is 0 Å². The van der Waals surface area contributed by atoms with Crippen molar-refractivity contribution in [3.63, 3.8) is 0 Å². The van der Waals surface area contributed by atoms with Crippen LogP contribution in [0.3, 0.4) is 0 Å². The van der Waals surface area contributed by atoms with E-state index in [1.165, 1.54) is 0 Å². The second kappa shape index (κ2) is 64.5. The maximum Gasteiger partial charge on any atom is 0.187 e. The molecule has 0 saturated carbocycles. The van der Waals surface area contributed by atoms with Crippen LogP contribution in [-0.2, 0) is 189 Å². The first kappa shape index (κ1) is 118. The molecule has 0 unspecified atom stereocenters. The lowest BCUT2D eigenvalue weighted by atomic mass is 9.94. The summed E-state index contributed by atoms with van der Waals surface area (Å²) < 4.78 is 281. The van der Waals surface area contributed by atoms with Gasteiger partial charge < -0.3 is 189 Å². The summed E-state index contributed by atoms with van der Waals surface area (Å²) in [6.07, 6.45) is -42.1. The smallest absolute Gasteiger partial charge is 0.187 e. The van der Waals surface area contributed by atoms with E-state index in [-0.39, 0.29) is 159 Å². The van der Waals surface area contributed by atoms with Crippen molar-refractivity contribution in [2.45, 2.75) is 412 Å². The maximum absolute atomic E-state index is 7.52. The Kier molecular flexibility index (Phi) is 55.9. The molecule has 136 heavy (non-hydrogen) atoms. The molecular formula is C96H176O40. The zero-order valence-corrected chi connectivity index (χ0v) is 86.1. The molecule has 0 aromatic carbocycles. The van der Waals surface area contributed by atoms with Crippen molar-refractivity contribution in [2.75, 3.05) is 211 Å². The number of hydrogen-bond acceptors (Lipinski definition) is 40. The Hall–Kier alpha value is -1.60. The fraction of sp³-hybridized carbons (Fsp3) is 1.00. The van der Waals surface area contributed by atoms with E-state index in [1.54, 1.807) is 0 Å². The van der Waals surface area contributed by atoms with Crippen molar-refractivity contribution in [3.8, 4) is 0 Å². The van der Waals surface area contributed by atoms with E-state index in [0.29, 0.717) is 52.9 Å². The Bertz CT molecular complexity index is 2460. The van der Waals surface area contributed by atoms with E-state index in [0.717, 1.165) is 0 Å². The van der Waals surface area contributed by atoms with Crippen LogP contribution in [0.1, 0.15) is 166 Å². The molecule has 30 fully saturated rings. The normalized spacial score (nSPS) is 40.1. The van der Waals surface area contributed by atoms with Crippen LogP contribution in [0.15, 0.2) is 0 Å². The molecule has 0 aliphatic carbocycles. The minimum atomic E-state index is -1.25. The highest BCUT2D eigenvalue weighted by Gasteiger charge is 2.64. The molecule has 30 aliphatic rings. The Morgan fingerprint density at radius 1 is 0.110 bits per heavy atom. The van der Waals surface area contributed by atoms with Gasteiger partial charge in [0.25, 0.3) is 0 Å². The molecule has 40 heteroatoms. The second-order valence-electron chi connectivity index (χ2n) is 33.1. The third-order valence-electron chi connectivity index (χ3n) is 24.7. The van der Waals surface area contributed by atoms with E-state index in [9.17, 15) is 0 Å². The molecule has 0 amide bonds. The topological polar surface area (TPSA) is 369 Å². The fourth-order valence-electron chi connectivity index (χ4n) is 19.4. The first-order valence-corrected chi connectivity index (χ1v) is 51.5. The van der Waals surface area contributed by atoms with Gasteiger partial charge in [0.15, 0.2) is 50.3 Å². The summed E-state index contributed by atoms with van der Waals surface area (Å²) in [7, 11) is 0. The van der Waals surface area contributed by atoms with E-state index in [1.807, 2.05) is 166 Å². The van der Waals surface area contributed by atoms with Crippen LogP contribution in [0.4, 0.5) is 0 Å². The van der Waals surface area contributed by atoms with Gasteiger partial charge in [-0.3, -0.25) is 0 Å². The summed E-state index contributed by atoms with van der Waals surface area (Å²) in [5.74, 6) is 0. The van der Waals surface area contributed by atoms with Gasteiger partial charge in [0.2, 0.25) is 0 Å². The molecule has 30 heterocycles. The summed E-state index contributed by atoms with van der Waals surface area (Å²) in [4.78, 5) is 0. The van der Waals surface area contributed by atoms with Gasteiger partial charge in [-0.15, -0.1) is 0 Å². The SMILES string of the molecule is CCOC[C@H]1O[C@@H]2O[C@H]3[C@H](OCC)[C@@H](OCC)[C@@H](O[C@H]4[C@H](OCC)[C@@H](OCC)[C@@H](O[C@H]5[C@H](OCC)[C@@H](OCC)[C@@H](O[C@H]6[C@H](OCC)[C@@H](OCC)[C@@H](O[C@H]7[C@H](OCC)[C@@H](OCC)[C@@H](O[C@H]8[C@H](OCC)[C@@H](OCC)[C@@H](O[C@H]9[C@H](OCC)[C@@H](OCC)[C@@H](O[C@H]1[C@H](OCC)[C@H]2OCC)O[C@@H]9COCC)O[C@@H]8COCC)O[C@@H]7COCC)O[C@@H]6COCC)O[C@@H]5COCC)O[C@@H]4COCC)O[C@@H]3COCC. The quantitative estimate of drug-likeness (QED) is 0.0564. The Morgan fingerprint density at radius 3 is 0.279 bits per heavy atom. The molecule has 30 saturated heterocycles. The summed E-state index contributed by atoms with van der Waals surface area (Å²) in [5, 5.41) is 0. The van der Waals surface area contributed by atoms with Gasteiger partial charge in [-0.05, 0) is 166 Å². The zero-order chi connectivity index (χ0) is 98.0. The number of hydrogen-bond donors (Lipinski definition) is 0. The minimum Gasteiger partial charge on any atom is -0.379 e. The zero-order valence-electron chi connectivity index (χ0n) is 86.1. The van der Waals surface area contributed by atoms with Gasteiger partial charge in [0.05, 0.1) is 52.9 Å². The molecular weight excluding hydrogens is 1790 g/mol. The highest BCUT2D eigenvalue weighted by atomic mass is 16.8. The molecule has 40 nitrogen and oxygen atoms in total. The van der Waals surface area contributed by atoms with E-state index < -0.39 is 246 Å². The minimum absolute atomic E-state index is 0.0200. The van der Waals surface area contributed by atoms with Crippen LogP contribution in [0.25, 0.3) is 0 Å². The average Bonchev–Trinajstić information content (AvgIpc) is 0.759. The van der Waals surface area contributed by atoms with Crippen LogP contribution in [0, 0.1) is 0 Å². The lowest BCUT2D eigenvalue weighted by Crippen LogP contribution is -2.70. The molecule has 0 spiro atoms. The summed E-state index contributed by atoms with van der Waals surface area (Å²) in [6, 6.07) is 0. The van der Waals surface area contributed by atoms with Crippen molar-refractivity contribution in [2.24, 2.45) is 0 Å². The standard InChI is InChI=1S/C96H176O40/c1-25-97-49-57-65-73(105-33-9)81(113-41-17)89(121-57)130-66-58(50-98-26-2)123-91(83(115-43-19)74(66)106-34-10)132-68-60(52-100-28-4)125-93(85(117-45-21)76(68)108-36-12)134-70-62(54-102-30-6)127-95(87(119-47-23)78(70)110-38-14)136-72-64(56-104-32-8)128-96(88(120-48-24)80(72)112-40-16)135-71-63(55-103-31-7)126-94(86(118-46-22)79(71)111-39-15)133-69-61(53-101-29-5)124-92(84(116-44-20)77(69)109-37-13)131-67-59(51-99-27-3)122-90(129-65)82(114-42-18)75(67)107-35-11/h57-96H,25-56H2,1-24H3/t57-,58-,59-,60-,61-,62-,63-,64-,65-,66-,67-,68-,69-,70-,71-,72-,73+,74+,75+,76+,77+,78+,79+,80+,81-,82-,83-,84-,85-,86-,87-,88-,89-,90-,91-,92-,93-,94-,95-,96-/m1/s1. The molecule has 0 aromatic heterocycles. The molecule has 16 bridgehead atoms.